The van der Waals surface area contributed by atoms with Crippen LogP contribution in [0, 0.1) is 5.82 Å². The number of methoxy groups -OCH3 is 1. The first kappa shape index (κ1) is 12.8. The molecule has 0 bridgehead atoms. The molecule has 3 nitrogen and oxygen atoms in total. The van der Waals surface area contributed by atoms with Crippen molar-refractivity contribution >= 4 is 23.3 Å². The summed E-state index contributed by atoms with van der Waals surface area (Å²) in [7, 11) is 1.33. The van der Waals surface area contributed by atoms with Crippen molar-refractivity contribution in [3.8, 4) is 0 Å². The van der Waals surface area contributed by atoms with Crippen molar-refractivity contribution in [3.63, 3.8) is 0 Å². The highest BCUT2D eigenvalue weighted by molar-refractivity contribution is 6.30. The number of hydrogen-bond acceptors (Lipinski definition) is 3. The van der Waals surface area contributed by atoms with Gasteiger partial charge in [0.05, 0.1) is 18.6 Å². The van der Waals surface area contributed by atoms with Gasteiger partial charge in [0.25, 0.3) is 0 Å². The number of esters is 1. The molecule has 0 aliphatic carbocycles. The molecule has 0 heterocycles. The Morgan fingerprint density at radius 3 is 2.88 bits per heavy atom. The van der Waals surface area contributed by atoms with Gasteiger partial charge in [-0.05, 0) is 25.1 Å². The summed E-state index contributed by atoms with van der Waals surface area (Å²) >= 11 is 5.55. The smallest absolute Gasteiger partial charge is 0.307 e. The van der Waals surface area contributed by atoms with Gasteiger partial charge in [0.2, 0.25) is 0 Å². The van der Waals surface area contributed by atoms with Crippen LogP contribution in [0.25, 0.3) is 0 Å². The molecule has 0 amide bonds. The first-order valence-corrected chi connectivity index (χ1v) is 5.19. The van der Waals surface area contributed by atoms with Crippen LogP contribution < -0.4 is 5.32 Å². The van der Waals surface area contributed by atoms with E-state index in [1.54, 1.807) is 6.07 Å². The number of nitrogens with one attached hydrogen (secondary N) is 1. The molecule has 88 valence electrons. The van der Waals surface area contributed by atoms with Crippen molar-refractivity contribution in [1.29, 1.82) is 0 Å². The Bertz CT molecular complexity index is 384. The van der Waals surface area contributed by atoms with E-state index in [1.807, 2.05) is 6.92 Å². The molecule has 1 N–H and O–H groups in total. The van der Waals surface area contributed by atoms with Crippen molar-refractivity contribution in [3.05, 3.63) is 29.0 Å². The molecule has 1 aromatic carbocycles. The van der Waals surface area contributed by atoms with Gasteiger partial charge >= 0.3 is 5.97 Å². The maximum atomic E-state index is 13.1. The Labute approximate surface area is 98.5 Å². The van der Waals surface area contributed by atoms with E-state index in [-0.39, 0.29) is 23.5 Å². The van der Waals surface area contributed by atoms with E-state index >= 15 is 0 Å². The van der Waals surface area contributed by atoms with E-state index in [9.17, 15) is 9.18 Å². The highest BCUT2D eigenvalue weighted by Gasteiger charge is 2.09. The zero-order valence-electron chi connectivity index (χ0n) is 9.09. The first-order valence-electron chi connectivity index (χ1n) is 4.81. The van der Waals surface area contributed by atoms with Crippen LogP contribution in [0.4, 0.5) is 10.1 Å². The molecule has 0 saturated heterocycles. The van der Waals surface area contributed by atoms with E-state index in [4.69, 9.17) is 11.6 Å². The fourth-order valence-corrected chi connectivity index (χ4v) is 1.37. The lowest BCUT2D eigenvalue weighted by Gasteiger charge is -2.14. The highest BCUT2D eigenvalue weighted by atomic mass is 35.5. The number of benzene rings is 1. The minimum Gasteiger partial charge on any atom is -0.469 e. The predicted molar refractivity (Wildman–Crippen MR) is 61.1 cm³/mol. The van der Waals surface area contributed by atoms with Crippen molar-refractivity contribution in [2.45, 2.75) is 19.4 Å². The Balaban J connectivity index is 2.59. The third kappa shape index (κ3) is 3.70. The Hall–Kier alpha value is -1.29. The van der Waals surface area contributed by atoms with Crippen LogP contribution in [0.1, 0.15) is 13.3 Å². The third-order valence-corrected chi connectivity index (χ3v) is 2.34. The van der Waals surface area contributed by atoms with E-state index in [1.165, 1.54) is 19.2 Å². The second-order valence-electron chi connectivity index (χ2n) is 3.45. The molecule has 5 heteroatoms. The van der Waals surface area contributed by atoms with Gasteiger partial charge in [-0.3, -0.25) is 4.79 Å². The molecule has 16 heavy (non-hydrogen) atoms. The highest BCUT2D eigenvalue weighted by Crippen LogP contribution is 2.19. The molecule has 1 atom stereocenters. The Morgan fingerprint density at radius 2 is 2.31 bits per heavy atom. The lowest BCUT2D eigenvalue weighted by molar-refractivity contribution is -0.140. The van der Waals surface area contributed by atoms with Crippen LogP contribution in [-0.2, 0) is 9.53 Å². The maximum absolute atomic E-state index is 13.1. The van der Waals surface area contributed by atoms with Gasteiger partial charge in [-0.15, -0.1) is 0 Å². The zero-order chi connectivity index (χ0) is 12.1. The number of anilines is 1. The van der Waals surface area contributed by atoms with Gasteiger partial charge < -0.3 is 10.1 Å². The second-order valence-corrected chi connectivity index (χ2v) is 3.86. The third-order valence-electron chi connectivity index (χ3n) is 2.03. The van der Waals surface area contributed by atoms with Gasteiger partial charge in [-0.25, -0.2) is 4.39 Å². The summed E-state index contributed by atoms with van der Waals surface area (Å²) in [6, 6.07) is 4.27. The monoisotopic (exact) mass is 245 g/mol. The van der Waals surface area contributed by atoms with Gasteiger partial charge in [-0.2, -0.15) is 0 Å². The average molecular weight is 246 g/mol. The lowest BCUT2D eigenvalue weighted by Crippen LogP contribution is -2.20. The second kappa shape index (κ2) is 5.70. The summed E-state index contributed by atoms with van der Waals surface area (Å²) in [5, 5.41) is 3.05. The molecule has 0 spiro atoms. The van der Waals surface area contributed by atoms with Crippen molar-refractivity contribution in [2.75, 3.05) is 12.4 Å². The van der Waals surface area contributed by atoms with Crippen LogP contribution in [0.15, 0.2) is 18.2 Å². The molecule has 0 aliphatic rings. The number of hydrogen-bond donors (Lipinski definition) is 1. The minimum atomic E-state index is -0.489. The van der Waals surface area contributed by atoms with Crippen LogP contribution in [0.5, 0.6) is 0 Å². The molecular weight excluding hydrogens is 233 g/mol. The maximum Gasteiger partial charge on any atom is 0.307 e. The summed E-state index contributed by atoms with van der Waals surface area (Å²) < 4.78 is 17.6. The fraction of sp³-hybridized carbons (Fsp3) is 0.364. The molecule has 1 rings (SSSR count). The van der Waals surface area contributed by atoms with Gasteiger partial charge in [0.1, 0.15) is 5.82 Å². The molecule has 0 radical (unpaired) electrons. The first-order chi connectivity index (χ1) is 7.52. The number of ether oxygens (including phenoxy) is 1. The summed E-state index contributed by atoms with van der Waals surface area (Å²) in [6.07, 6.45) is 0.223. The van der Waals surface area contributed by atoms with Gasteiger partial charge in [0.15, 0.2) is 0 Å². The Morgan fingerprint density at radius 1 is 1.62 bits per heavy atom. The summed E-state index contributed by atoms with van der Waals surface area (Å²) in [6.45, 7) is 1.81. The van der Waals surface area contributed by atoms with E-state index < -0.39 is 5.82 Å². The SMILES string of the molecule is COC(=O)CC(C)Nc1ccc(Cl)c(F)c1. The topological polar surface area (TPSA) is 38.3 Å². The molecule has 0 saturated carbocycles. The van der Waals surface area contributed by atoms with E-state index in [2.05, 4.69) is 10.1 Å². The summed E-state index contributed by atoms with van der Waals surface area (Å²) in [4.78, 5) is 11.0. The lowest BCUT2D eigenvalue weighted by atomic mass is 10.2. The van der Waals surface area contributed by atoms with Gasteiger partial charge in [0, 0.05) is 11.7 Å². The van der Waals surface area contributed by atoms with Crippen molar-refractivity contribution in [2.24, 2.45) is 0 Å². The van der Waals surface area contributed by atoms with E-state index in [0.29, 0.717) is 5.69 Å². The normalized spacial score (nSPS) is 12.0. The minimum absolute atomic E-state index is 0.0752. The molecule has 0 aliphatic heterocycles. The standard InChI is InChI=1S/C11H13ClFNO2/c1-7(5-11(15)16-2)14-8-3-4-9(12)10(13)6-8/h3-4,6-7,14H,5H2,1-2H3. The predicted octanol–water partition coefficient (Wildman–Crippen LogP) is 2.84. The van der Waals surface area contributed by atoms with Gasteiger partial charge in [-0.1, -0.05) is 11.6 Å². The summed E-state index contributed by atoms with van der Waals surface area (Å²) in [5.74, 6) is -0.800. The summed E-state index contributed by atoms with van der Waals surface area (Å²) in [5.41, 5.74) is 0.582. The number of halogens is 2. The van der Waals surface area contributed by atoms with Crippen LogP contribution >= 0.6 is 11.6 Å². The quantitative estimate of drug-likeness (QED) is 0.829. The molecule has 1 aromatic rings. The average Bonchev–Trinajstić information content (AvgIpc) is 2.23. The molecule has 0 aromatic heterocycles. The van der Waals surface area contributed by atoms with Crippen molar-refractivity contribution < 1.29 is 13.9 Å². The largest absolute Gasteiger partial charge is 0.469 e. The van der Waals surface area contributed by atoms with Crippen molar-refractivity contribution in [1.82, 2.24) is 0 Å². The fourth-order valence-electron chi connectivity index (χ4n) is 1.25. The molecule has 1 unspecified atom stereocenters. The molecule has 0 fully saturated rings. The van der Waals surface area contributed by atoms with Crippen LogP contribution in [-0.4, -0.2) is 19.1 Å². The number of rotatable bonds is 4. The zero-order valence-corrected chi connectivity index (χ0v) is 9.84. The molecular formula is C11H13ClFNO2. The van der Waals surface area contributed by atoms with Crippen LogP contribution in [0.2, 0.25) is 5.02 Å². The van der Waals surface area contributed by atoms with E-state index in [0.717, 1.165) is 0 Å². The number of carbonyl (C=O) groups excluding carboxylic acids is 1. The number of carbonyl (C=O) groups is 1. The van der Waals surface area contributed by atoms with Crippen LogP contribution in [0.3, 0.4) is 0 Å². The Kier molecular flexibility index (Phi) is 4.55.